The molecule has 0 saturated heterocycles. The zero-order valence-corrected chi connectivity index (χ0v) is 12.3. The summed E-state index contributed by atoms with van der Waals surface area (Å²) in [6.07, 6.45) is 1.89. The number of anilines is 2. The van der Waals surface area contributed by atoms with E-state index >= 15 is 0 Å². The highest BCUT2D eigenvalue weighted by molar-refractivity contribution is 7.98. The molecule has 106 valence electrons. The minimum Gasteiger partial charge on any atom is -0.398 e. The van der Waals surface area contributed by atoms with E-state index in [0.29, 0.717) is 5.69 Å². The summed E-state index contributed by atoms with van der Waals surface area (Å²) in [5.74, 6) is -0.655. The van der Waals surface area contributed by atoms with E-state index < -0.39 is 15.8 Å². The van der Waals surface area contributed by atoms with Crippen LogP contribution in [0.4, 0.5) is 15.8 Å². The van der Waals surface area contributed by atoms with Crippen molar-refractivity contribution in [3.05, 3.63) is 48.3 Å². The number of hydrogen-bond donors (Lipinski definition) is 2. The van der Waals surface area contributed by atoms with Crippen molar-refractivity contribution in [3.63, 3.8) is 0 Å². The van der Waals surface area contributed by atoms with Crippen molar-refractivity contribution in [1.29, 1.82) is 0 Å². The number of hydrogen-bond acceptors (Lipinski definition) is 4. The summed E-state index contributed by atoms with van der Waals surface area (Å²) < 4.78 is 40.0. The first-order chi connectivity index (χ1) is 9.42. The molecule has 0 radical (unpaired) electrons. The second-order valence-electron chi connectivity index (χ2n) is 4.02. The first-order valence-corrected chi connectivity index (χ1v) is 8.35. The van der Waals surface area contributed by atoms with Gasteiger partial charge in [-0.25, -0.2) is 12.8 Å². The van der Waals surface area contributed by atoms with E-state index in [-0.39, 0.29) is 10.6 Å². The molecule has 0 aliphatic carbocycles. The molecule has 7 heteroatoms. The maximum absolute atomic E-state index is 13.2. The molecule has 0 amide bonds. The molecule has 20 heavy (non-hydrogen) atoms. The summed E-state index contributed by atoms with van der Waals surface area (Å²) in [5, 5.41) is 0. The second-order valence-corrected chi connectivity index (χ2v) is 6.55. The van der Waals surface area contributed by atoms with E-state index in [1.54, 1.807) is 18.2 Å². The van der Waals surface area contributed by atoms with Crippen LogP contribution in [0.3, 0.4) is 0 Å². The Kier molecular flexibility index (Phi) is 4.20. The van der Waals surface area contributed by atoms with Gasteiger partial charge in [0.1, 0.15) is 10.7 Å². The summed E-state index contributed by atoms with van der Waals surface area (Å²) in [6, 6.07) is 10.1. The largest absolute Gasteiger partial charge is 0.398 e. The van der Waals surface area contributed by atoms with E-state index in [1.807, 2.05) is 12.3 Å². The van der Waals surface area contributed by atoms with Crippen LogP contribution in [0.15, 0.2) is 52.3 Å². The summed E-state index contributed by atoms with van der Waals surface area (Å²) >= 11 is 1.49. The number of rotatable bonds is 4. The molecule has 0 aliphatic heterocycles. The average Bonchev–Trinajstić information content (AvgIpc) is 2.41. The van der Waals surface area contributed by atoms with E-state index in [2.05, 4.69) is 4.72 Å². The lowest BCUT2D eigenvalue weighted by Crippen LogP contribution is -2.15. The first kappa shape index (κ1) is 14.7. The maximum atomic E-state index is 13.2. The third-order valence-corrected chi connectivity index (χ3v) is 4.75. The molecule has 0 spiro atoms. The van der Waals surface area contributed by atoms with Crippen molar-refractivity contribution in [2.45, 2.75) is 9.79 Å². The highest BCUT2D eigenvalue weighted by atomic mass is 32.2. The van der Waals surface area contributed by atoms with Crippen molar-refractivity contribution in [2.75, 3.05) is 16.7 Å². The Bertz CT molecular complexity index is 733. The molecule has 0 heterocycles. The number of nitrogen functional groups attached to an aromatic ring is 1. The van der Waals surface area contributed by atoms with Gasteiger partial charge in [-0.05, 0) is 42.7 Å². The highest BCUT2D eigenvalue weighted by Gasteiger charge is 2.18. The molecule has 0 aromatic heterocycles. The fraction of sp³-hybridized carbons (Fsp3) is 0.0769. The van der Waals surface area contributed by atoms with E-state index in [9.17, 15) is 12.8 Å². The number of nitrogens with two attached hydrogens (primary N) is 1. The number of sulfonamides is 1. The number of nitrogens with one attached hydrogen (secondary N) is 1. The summed E-state index contributed by atoms with van der Waals surface area (Å²) in [5.41, 5.74) is 6.00. The molecular formula is C13H13FN2O2S2. The molecule has 0 saturated carbocycles. The van der Waals surface area contributed by atoms with Crippen molar-refractivity contribution < 1.29 is 12.8 Å². The minimum atomic E-state index is -3.92. The van der Waals surface area contributed by atoms with Gasteiger partial charge in [0.05, 0.1) is 5.69 Å². The standard InChI is InChI=1S/C13H13FN2O2S2/c1-19-11-4-2-3-10(8-11)16-20(17,18)13-7-9(14)5-6-12(13)15/h2-8,16H,15H2,1H3. The van der Waals surface area contributed by atoms with E-state index in [0.717, 1.165) is 17.0 Å². The lowest BCUT2D eigenvalue weighted by molar-refractivity contribution is 0.596. The topological polar surface area (TPSA) is 72.2 Å². The number of thioether (sulfide) groups is 1. The van der Waals surface area contributed by atoms with Gasteiger partial charge >= 0.3 is 0 Å². The molecular weight excluding hydrogens is 299 g/mol. The van der Waals surface area contributed by atoms with Crippen molar-refractivity contribution >= 4 is 33.2 Å². The minimum absolute atomic E-state index is 0.0000730. The van der Waals surface area contributed by atoms with Crippen LogP contribution in [-0.4, -0.2) is 14.7 Å². The molecule has 0 atom stereocenters. The molecule has 0 unspecified atom stereocenters. The van der Waals surface area contributed by atoms with E-state index in [1.165, 1.54) is 17.8 Å². The Morgan fingerprint density at radius 1 is 1.20 bits per heavy atom. The predicted octanol–water partition coefficient (Wildman–Crippen LogP) is 2.93. The number of benzene rings is 2. The van der Waals surface area contributed by atoms with Gasteiger partial charge < -0.3 is 5.73 Å². The van der Waals surface area contributed by atoms with E-state index in [4.69, 9.17) is 5.73 Å². The third kappa shape index (κ3) is 3.23. The Balaban J connectivity index is 2.38. The predicted molar refractivity (Wildman–Crippen MR) is 79.8 cm³/mol. The Labute approximate surface area is 121 Å². The van der Waals surface area contributed by atoms with Gasteiger partial charge in [-0.2, -0.15) is 0 Å². The van der Waals surface area contributed by atoms with Crippen LogP contribution >= 0.6 is 11.8 Å². The van der Waals surface area contributed by atoms with Crippen LogP contribution in [0.1, 0.15) is 0 Å². The second kappa shape index (κ2) is 5.72. The SMILES string of the molecule is CSc1cccc(NS(=O)(=O)c2cc(F)ccc2N)c1. The van der Waals surface area contributed by atoms with Gasteiger partial charge in [-0.15, -0.1) is 11.8 Å². The normalized spacial score (nSPS) is 11.3. The van der Waals surface area contributed by atoms with Gasteiger partial charge in [-0.1, -0.05) is 6.07 Å². The molecule has 0 aliphatic rings. The molecule has 3 N–H and O–H groups in total. The van der Waals surface area contributed by atoms with Crippen LogP contribution in [0.5, 0.6) is 0 Å². The van der Waals surface area contributed by atoms with Crippen LogP contribution in [0.25, 0.3) is 0 Å². The van der Waals surface area contributed by atoms with Gasteiger partial charge in [0.2, 0.25) is 0 Å². The molecule has 0 bridgehead atoms. The fourth-order valence-electron chi connectivity index (χ4n) is 1.64. The molecule has 4 nitrogen and oxygen atoms in total. The van der Waals surface area contributed by atoms with Gasteiger partial charge in [-0.3, -0.25) is 4.72 Å². The van der Waals surface area contributed by atoms with Crippen molar-refractivity contribution in [3.8, 4) is 0 Å². The van der Waals surface area contributed by atoms with Crippen LogP contribution < -0.4 is 10.5 Å². The quantitative estimate of drug-likeness (QED) is 0.672. The highest BCUT2D eigenvalue weighted by Crippen LogP contribution is 2.24. The zero-order valence-electron chi connectivity index (χ0n) is 10.6. The van der Waals surface area contributed by atoms with Crippen molar-refractivity contribution in [2.24, 2.45) is 0 Å². The van der Waals surface area contributed by atoms with Crippen LogP contribution in [0.2, 0.25) is 0 Å². The zero-order chi connectivity index (χ0) is 14.8. The Morgan fingerprint density at radius 3 is 2.65 bits per heavy atom. The summed E-state index contributed by atoms with van der Waals surface area (Å²) in [7, 11) is -3.92. The summed E-state index contributed by atoms with van der Waals surface area (Å²) in [4.78, 5) is 0.643. The molecule has 2 rings (SSSR count). The average molecular weight is 312 g/mol. The Morgan fingerprint density at radius 2 is 1.95 bits per heavy atom. The maximum Gasteiger partial charge on any atom is 0.264 e. The van der Waals surface area contributed by atoms with Crippen LogP contribution in [0, 0.1) is 5.82 Å². The van der Waals surface area contributed by atoms with Gasteiger partial charge in [0.15, 0.2) is 0 Å². The monoisotopic (exact) mass is 312 g/mol. The molecule has 2 aromatic carbocycles. The third-order valence-electron chi connectivity index (χ3n) is 2.59. The van der Waals surface area contributed by atoms with Gasteiger partial charge in [0, 0.05) is 10.6 Å². The van der Waals surface area contributed by atoms with Crippen molar-refractivity contribution in [1.82, 2.24) is 0 Å². The molecule has 2 aromatic rings. The van der Waals surface area contributed by atoms with Crippen LogP contribution in [-0.2, 0) is 10.0 Å². The summed E-state index contributed by atoms with van der Waals surface area (Å²) in [6.45, 7) is 0. The number of halogens is 1. The molecule has 0 fully saturated rings. The first-order valence-electron chi connectivity index (χ1n) is 5.64. The smallest absolute Gasteiger partial charge is 0.264 e. The lowest BCUT2D eigenvalue weighted by atomic mass is 10.3. The Hall–Kier alpha value is -1.73. The fourth-order valence-corrected chi connectivity index (χ4v) is 3.29. The van der Waals surface area contributed by atoms with Gasteiger partial charge in [0.25, 0.3) is 10.0 Å². The lowest BCUT2D eigenvalue weighted by Gasteiger charge is -2.11.